The summed E-state index contributed by atoms with van der Waals surface area (Å²) in [5.74, 6) is -0.960. The van der Waals surface area contributed by atoms with E-state index < -0.39 is 22.6 Å². The van der Waals surface area contributed by atoms with Gasteiger partial charge in [0, 0.05) is 6.08 Å². The molecule has 0 amide bonds. The quantitative estimate of drug-likeness (QED) is 0.337. The van der Waals surface area contributed by atoms with E-state index in [2.05, 4.69) is 0 Å². The number of carboxylic acids is 1. The van der Waals surface area contributed by atoms with Crippen LogP contribution in [0.5, 0.6) is 0 Å². The molecule has 4 heteroatoms. The van der Waals surface area contributed by atoms with Gasteiger partial charge in [0.2, 0.25) is 0 Å². The third kappa shape index (κ3) is 7.97. The summed E-state index contributed by atoms with van der Waals surface area (Å²) in [6.45, 7) is 11.5. The van der Waals surface area contributed by atoms with Gasteiger partial charge in [-0.15, -0.1) is 0 Å². The highest BCUT2D eigenvalue weighted by Crippen LogP contribution is 2.50. The van der Waals surface area contributed by atoms with E-state index in [4.69, 9.17) is 5.11 Å². The molecule has 4 nitrogen and oxygen atoms in total. The molecule has 3 N–H and O–H groups in total. The Morgan fingerprint density at radius 2 is 1.26 bits per heavy atom. The van der Waals surface area contributed by atoms with E-state index in [0.29, 0.717) is 6.42 Å². The van der Waals surface area contributed by atoms with Crippen LogP contribution in [-0.2, 0) is 4.79 Å². The van der Waals surface area contributed by atoms with Gasteiger partial charge in [0.25, 0.3) is 0 Å². The van der Waals surface area contributed by atoms with Crippen LogP contribution in [0.4, 0.5) is 0 Å². The molecule has 1 fully saturated rings. The summed E-state index contributed by atoms with van der Waals surface area (Å²) in [6.07, 6.45) is 22.1. The number of hydrogen-bond donors (Lipinski definition) is 3. The number of aliphatic hydroxyl groups is 2. The predicted molar refractivity (Wildman–Crippen MR) is 129 cm³/mol. The van der Waals surface area contributed by atoms with E-state index in [0.717, 1.165) is 35.6 Å². The average Bonchev–Trinajstić information content (AvgIpc) is 2.66. The van der Waals surface area contributed by atoms with Crippen LogP contribution in [0, 0.1) is 5.41 Å². The molecule has 2 atom stereocenters. The van der Waals surface area contributed by atoms with E-state index in [1.165, 1.54) is 0 Å². The minimum absolute atomic E-state index is 0.400. The molecule has 0 heterocycles. The fraction of sp³-hybridized carbons (Fsp3) is 0.444. The summed E-state index contributed by atoms with van der Waals surface area (Å²) in [5.41, 5.74) is 0.0721. The van der Waals surface area contributed by atoms with E-state index in [-0.39, 0.29) is 0 Å². The summed E-state index contributed by atoms with van der Waals surface area (Å²) >= 11 is 0. The zero-order chi connectivity index (χ0) is 23.7. The number of allylic oxidation sites excluding steroid dienone is 12. The molecular formula is C27H38O4. The lowest BCUT2D eigenvalue weighted by atomic mass is 9.58. The van der Waals surface area contributed by atoms with Gasteiger partial charge in [-0.1, -0.05) is 85.3 Å². The first-order valence-electron chi connectivity index (χ1n) is 10.7. The van der Waals surface area contributed by atoms with Crippen molar-refractivity contribution >= 4 is 5.97 Å². The second-order valence-electron chi connectivity index (χ2n) is 9.26. The first-order valence-corrected chi connectivity index (χ1v) is 10.7. The number of hydrogen-bond acceptors (Lipinski definition) is 3. The Balaban J connectivity index is 2.78. The minimum atomic E-state index is -1.27. The van der Waals surface area contributed by atoms with Crippen LogP contribution in [0.2, 0.25) is 0 Å². The molecular weight excluding hydrogens is 388 g/mol. The third-order valence-electron chi connectivity index (χ3n) is 5.94. The second-order valence-corrected chi connectivity index (χ2v) is 9.26. The summed E-state index contributed by atoms with van der Waals surface area (Å²) in [4.78, 5) is 10.5. The van der Waals surface area contributed by atoms with Gasteiger partial charge in [0.05, 0.1) is 5.60 Å². The molecule has 0 radical (unpaired) electrons. The van der Waals surface area contributed by atoms with Crippen molar-refractivity contribution in [2.24, 2.45) is 5.41 Å². The maximum Gasteiger partial charge on any atom is 0.328 e. The van der Waals surface area contributed by atoms with Crippen molar-refractivity contribution in [1.82, 2.24) is 0 Å². The van der Waals surface area contributed by atoms with Crippen molar-refractivity contribution in [3.05, 3.63) is 83.6 Å². The lowest BCUT2D eigenvalue weighted by Gasteiger charge is -2.53. The van der Waals surface area contributed by atoms with E-state index in [1.807, 2.05) is 83.2 Å². The van der Waals surface area contributed by atoms with Crippen molar-refractivity contribution in [3.63, 3.8) is 0 Å². The molecule has 0 aromatic carbocycles. The highest BCUT2D eigenvalue weighted by atomic mass is 16.4. The summed E-state index contributed by atoms with van der Waals surface area (Å²) < 4.78 is 0. The van der Waals surface area contributed by atoms with Crippen LogP contribution in [0.1, 0.15) is 60.8 Å². The first kappa shape index (κ1) is 26.6. The molecule has 0 aliphatic heterocycles. The fourth-order valence-electron chi connectivity index (χ4n) is 3.78. The lowest BCUT2D eigenvalue weighted by molar-refractivity contribution is -0.194. The molecule has 2 unspecified atom stereocenters. The van der Waals surface area contributed by atoms with Crippen molar-refractivity contribution in [2.45, 2.75) is 72.0 Å². The zero-order valence-corrected chi connectivity index (χ0v) is 19.7. The van der Waals surface area contributed by atoms with Crippen molar-refractivity contribution in [1.29, 1.82) is 0 Å². The minimum Gasteiger partial charge on any atom is -0.478 e. The molecule has 0 bridgehead atoms. The molecule has 31 heavy (non-hydrogen) atoms. The molecule has 1 saturated carbocycles. The van der Waals surface area contributed by atoms with Gasteiger partial charge in [-0.05, 0) is 58.4 Å². The van der Waals surface area contributed by atoms with Crippen molar-refractivity contribution in [2.75, 3.05) is 0 Å². The monoisotopic (exact) mass is 426 g/mol. The van der Waals surface area contributed by atoms with Gasteiger partial charge in [0.1, 0.15) is 5.60 Å². The van der Waals surface area contributed by atoms with Crippen LogP contribution in [0.25, 0.3) is 0 Å². The molecule has 1 aliphatic rings. The van der Waals surface area contributed by atoms with Crippen LogP contribution in [-0.4, -0.2) is 32.5 Å². The third-order valence-corrected chi connectivity index (χ3v) is 5.94. The Morgan fingerprint density at radius 3 is 1.81 bits per heavy atom. The number of aliphatic carboxylic acids is 1. The standard InChI is InChI=1S/C27H38O4/c1-21(11-7-8-12-22(2)15-16-24(28)29)13-9-14-23(3)17-20-27(31)25(4,5)18-10-19-26(27,6)30/h7-9,11-17,20,30-31H,10,18-19H2,1-6H3,(H,28,29)/b8-7+,13-9+,16-15+,20-17+,21-11+,22-12+,23-14+. The average molecular weight is 427 g/mol. The molecule has 1 aliphatic carbocycles. The van der Waals surface area contributed by atoms with Crippen LogP contribution < -0.4 is 0 Å². The zero-order valence-electron chi connectivity index (χ0n) is 19.7. The highest BCUT2D eigenvalue weighted by Gasteiger charge is 2.56. The maximum absolute atomic E-state index is 11.3. The van der Waals surface area contributed by atoms with Gasteiger partial charge >= 0.3 is 5.97 Å². The van der Waals surface area contributed by atoms with E-state index in [1.54, 1.807) is 19.1 Å². The Kier molecular flexibility index (Phi) is 9.67. The topological polar surface area (TPSA) is 77.8 Å². The van der Waals surface area contributed by atoms with Crippen LogP contribution >= 0.6 is 0 Å². The lowest BCUT2D eigenvalue weighted by Crippen LogP contribution is -2.62. The normalized spacial score (nSPS) is 28.5. The van der Waals surface area contributed by atoms with Crippen LogP contribution in [0.15, 0.2) is 83.6 Å². The molecule has 170 valence electrons. The summed E-state index contributed by atoms with van der Waals surface area (Å²) in [6, 6.07) is 0. The maximum atomic E-state index is 11.3. The second kappa shape index (κ2) is 11.3. The molecule has 0 saturated heterocycles. The number of rotatable bonds is 8. The Morgan fingerprint density at radius 1 is 0.742 bits per heavy atom. The van der Waals surface area contributed by atoms with Crippen molar-refractivity contribution in [3.8, 4) is 0 Å². The molecule has 0 aromatic rings. The van der Waals surface area contributed by atoms with Gasteiger partial charge in [-0.2, -0.15) is 0 Å². The summed E-state index contributed by atoms with van der Waals surface area (Å²) in [5, 5.41) is 30.7. The van der Waals surface area contributed by atoms with Crippen LogP contribution in [0.3, 0.4) is 0 Å². The van der Waals surface area contributed by atoms with E-state index >= 15 is 0 Å². The van der Waals surface area contributed by atoms with Gasteiger partial charge < -0.3 is 15.3 Å². The highest BCUT2D eigenvalue weighted by molar-refractivity contribution is 5.80. The Bertz CT molecular complexity index is 826. The van der Waals surface area contributed by atoms with Gasteiger partial charge in [-0.25, -0.2) is 4.79 Å². The fourth-order valence-corrected chi connectivity index (χ4v) is 3.78. The Labute approximate surface area is 187 Å². The number of carboxylic acid groups (broad SMARTS) is 1. The van der Waals surface area contributed by atoms with Crippen molar-refractivity contribution < 1.29 is 20.1 Å². The predicted octanol–water partition coefficient (Wildman–Crippen LogP) is 5.83. The first-order chi connectivity index (χ1) is 14.3. The SMILES string of the molecule is CC(/C=C/C=C(C)/C=C/C1(O)C(C)(C)CCCC1(C)O)=C\C=C\C=C(C)\C=C\C(=O)O. The number of carbonyl (C=O) groups is 1. The largest absolute Gasteiger partial charge is 0.478 e. The molecule has 1 rings (SSSR count). The summed E-state index contributed by atoms with van der Waals surface area (Å²) in [7, 11) is 0. The van der Waals surface area contributed by atoms with E-state index in [9.17, 15) is 15.0 Å². The van der Waals surface area contributed by atoms with Gasteiger partial charge in [-0.3, -0.25) is 0 Å². The Hall–Kier alpha value is -2.43. The molecule has 0 aromatic heterocycles. The smallest absolute Gasteiger partial charge is 0.328 e. The molecule has 0 spiro atoms. The van der Waals surface area contributed by atoms with Gasteiger partial charge in [0.15, 0.2) is 0 Å².